The number of nitrogens with zero attached hydrogens (tertiary/aromatic N) is 3. The molecular formula is C15H16F3N3O3. The van der Waals surface area contributed by atoms with E-state index in [9.17, 15) is 18.0 Å². The summed E-state index contributed by atoms with van der Waals surface area (Å²) < 4.78 is 43.5. The number of hydrogen-bond acceptors (Lipinski definition) is 4. The second-order valence-electron chi connectivity index (χ2n) is 5.09. The van der Waals surface area contributed by atoms with E-state index in [0.717, 1.165) is 4.90 Å². The van der Waals surface area contributed by atoms with E-state index in [0.29, 0.717) is 11.4 Å². The third-order valence-corrected chi connectivity index (χ3v) is 3.32. The molecule has 6 nitrogen and oxygen atoms in total. The SMILES string of the molecule is COc1ccc(-n2ccc(C(=O)N(C)CC(O)C(F)(F)F)n2)cc1. The molecule has 0 radical (unpaired) electrons. The van der Waals surface area contributed by atoms with Gasteiger partial charge in [-0.05, 0) is 30.3 Å². The van der Waals surface area contributed by atoms with Crippen LogP contribution in [0.1, 0.15) is 10.5 Å². The molecule has 1 aromatic carbocycles. The fraction of sp³-hybridized carbons (Fsp3) is 0.333. The molecule has 0 aliphatic heterocycles. The monoisotopic (exact) mass is 343 g/mol. The molecule has 24 heavy (non-hydrogen) atoms. The van der Waals surface area contributed by atoms with Crippen molar-refractivity contribution in [3.8, 4) is 11.4 Å². The van der Waals surface area contributed by atoms with Crippen LogP contribution in [0.15, 0.2) is 36.5 Å². The number of likely N-dealkylation sites (N-methyl/N-ethyl adjacent to an activating group) is 1. The highest BCUT2D eigenvalue weighted by Gasteiger charge is 2.39. The van der Waals surface area contributed by atoms with Gasteiger partial charge in [0, 0.05) is 13.2 Å². The molecular weight excluding hydrogens is 327 g/mol. The first-order valence-electron chi connectivity index (χ1n) is 6.92. The standard InChI is InChI=1S/C15H16F3N3O3/c1-20(9-13(22)15(16,17)18)14(23)12-7-8-21(19-12)10-3-5-11(24-2)6-4-10/h3-8,13,22H,9H2,1-2H3. The van der Waals surface area contributed by atoms with Crippen LogP contribution >= 0.6 is 0 Å². The molecule has 1 unspecified atom stereocenters. The summed E-state index contributed by atoms with van der Waals surface area (Å²) in [6.45, 7) is -0.863. The van der Waals surface area contributed by atoms with E-state index in [4.69, 9.17) is 9.84 Å². The zero-order valence-corrected chi connectivity index (χ0v) is 13.0. The van der Waals surface area contributed by atoms with E-state index in [-0.39, 0.29) is 5.69 Å². The summed E-state index contributed by atoms with van der Waals surface area (Å²) in [4.78, 5) is 12.9. The van der Waals surface area contributed by atoms with Crippen LogP contribution in [0.2, 0.25) is 0 Å². The number of aliphatic hydroxyl groups is 1. The van der Waals surface area contributed by atoms with Crippen molar-refractivity contribution in [2.24, 2.45) is 0 Å². The van der Waals surface area contributed by atoms with Crippen LogP contribution in [0.5, 0.6) is 5.75 Å². The fourth-order valence-corrected chi connectivity index (χ4v) is 1.96. The lowest BCUT2D eigenvalue weighted by molar-refractivity contribution is -0.205. The molecule has 1 N–H and O–H groups in total. The van der Waals surface area contributed by atoms with Crippen molar-refractivity contribution in [1.82, 2.24) is 14.7 Å². The topological polar surface area (TPSA) is 67.6 Å². The minimum Gasteiger partial charge on any atom is -0.497 e. The lowest BCUT2D eigenvalue weighted by Crippen LogP contribution is -2.41. The number of carbonyl (C=O) groups excluding carboxylic acids is 1. The lowest BCUT2D eigenvalue weighted by atomic mass is 10.3. The first-order valence-corrected chi connectivity index (χ1v) is 6.92. The van der Waals surface area contributed by atoms with Crippen molar-refractivity contribution in [2.45, 2.75) is 12.3 Å². The van der Waals surface area contributed by atoms with Gasteiger partial charge in [-0.15, -0.1) is 0 Å². The average molecular weight is 343 g/mol. The van der Waals surface area contributed by atoms with Gasteiger partial charge in [0.2, 0.25) is 0 Å². The number of amides is 1. The molecule has 1 aromatic heterocycles. The molecule has 0 saturated heterocycles. The normalized spacial score (nSPS) is 12.8. The number of carbonyl (C=O) groups is 1. The van der Waals surface area contributed by atoms with Crippen molar-refractivity contribution in [3.05, 3.63) is 42.2 Å². The zero-order valence-electron chi connectivity index (χ0n) is 13.0. The number of benzene rings is 1. The number of aromatic nitrogens is 2. The summed E-state index contributed by atoms with van der Waals surface area (Å²) in [5, 5.41) is 13.1. The summed E-state index contributed by atoms with van der Waals surface area (Å²) in [5.41, 5.74) is 0.635. The maximum absolute atomic E-state index is 12.3. The Labute approximate surface area is 136 Å². The highest BCUT2D eigenvalue weighted by molar-refractivity contribution is 5.92. The number of methoxy groups -OCH3 is 1. The number of hydrogen-bond donors (Lipinski definition) is 1. The van der Waals surface area contributed by atoms with Crippen LogP contribution in [0.3, 0.4) is 0 Å². The molecule has 1 amide bonds. The summed E-state index contributed by atoms with van der Waals surface area (Å²) >= 11 is 0. The van der Waals surface area contributed by atoms with Crippen molar-refractivity contribution < 1.29 is 27.8 Å². The van der Waals surface area contributed by atoms with Crippen molar-refractivity contribution in [3.63, 3.8) is 0 Å². The second-order valence-corrected chi connectivity index (χ2v) is 5.09. The number of alkyl halides is 3. The molecule has 9 heteroatoms. The fourth-order valence-electron chi connectivity index (χ4n) is 1.96. The smallest absolute Gasteiger partial charge is 0.416 e. The maximum Gasteiger partial charge on any atom is 0.416 e. The van der Waals surface area contributed by atoms with Gasteiger partial charge in [-0.1, -0.05) is 0 Å². The Balaban J connectivity index is 2.10. The average Bonchev–Trinajstić information content (AvgIpc) is 3.03. The zero-order chi connectivity index (χ0) is 17.9. The van der Waals surface area contributed by atoms with Gasteiger partial charge in [-0.25, -0.2) is 4.68 Å². The third kappa shape index (κ3) is 4.05. The van der Waals surface area contributed by atoms with E-state index < -0.39 is 24.7 Å². The molecule has 0 aliphatic carbocycles. The molecule has 1 heterocycles. The summed E-state index contributed by atoms with van der Waals surface area (Å²) in [5.74, 6) is -0.0614. The van der Waals surface area contributed by atoms with Gasteiger partial charge >= 0.3 is 6.18 Å². The Bertz CT molecular complexity index is 698. The van der Waals surface area contributed by atoms with E-state index >= 15 is 0 Å². The van der Waals surface area contributed by atoms with Gasteiger partial charge in [0.05, 0.1) is 19.3 Å². The number of ether oxygens (including phenoxy) is 1. The number of halogens is 3. The van der Waals surface area contributed by atoms with Crippen LogP contribution < -0.4 is 4.74 Å². The maximum atomic E-state index is 12.3. The molecule has 0 spiro atoms. The van der Waals surface area contributed by atoms with Gasteiger partial charge in [0.15, 0.2) is 11.8 Å². The molecule has 2 aromatic rings. The second kappa shape index (κ2) is 6.91. The summed E-state index contributed by atoms with van der Waals surface area (Å²) in [7, 11) is 2.70. The van der Waals surface area contributed by atoms with E-state index in [1.807, 2.05) is 0 Å². The number of aliphatic hydroxyl groups excluding tert-OH is 1. The van der Waals surface area contributed by atoms with Crippen molar-refractivity contribution in [2.75, 3.05) is 20.7 Å². The third-order valence-electron chi connectivity index (χ3n) is 3.32. The first kappa shape index (κ1) is 17.8. The van der Waals surface area contributed by atoms with Gasteiger partial charge in [0.25, 0.3) is 5.91 Å². The van der Waals surface area contributed by atoms with Crippen LogP contribution in [-0.4, -0.2) is 58.7 Å². The molecule has 0 saturated carbocycles. The molecule has 2 rings (SSSR count). The van der Waals surface area contributed by atoms with Crippen molar-refractivity contribution in [1.29, 1.82) is 0 Å². The highest BCUT2D eigenvalue weighted by atomic mass is 19.4. The summed E-state index contributed by atoms with van der Waals surface area (Å²) in [6.07, 6.45) is -5.87. The molecule has 0 fully saturated rings. The van der Waals surface area contributed by atoms with Crippen LogP contribution in [0, 0.1) is 0 Å². The van der Waals surface area contributed by atoms with Crippen LogP contribution in [0.4, 0.5) is 13.2 Å². The van der Waals surface area contributed by atoms with Gasteiger partial charge < -0.3 is 14.7 Å². The van der Waals surface area contributed by atoms with Crippen molar-refractivity contribution >= 4 is 5.91 Å². The minimum absolute atomic E-state index is 0.0253. The Morgan fingerprint density at radius 1 is 1.33 bits per heavy atom. The molecule has 130 valence electrons. The Morgan fingerprint density at radius 3 is 2.50 bits per heavy atom. The van der Waals surface area contributed by atoms with Gasteiger partial charge in [-0.3, -0.25) is 4.79 Å². The predicted octanol–water partition coefficient (Wildman–Crippen LogP) is 1.88. The van der Waals surface area contributed by atoms with Crippen LogP contribution in [0.25, 0.3) is 5.69 Å². The number of rotatable bonds is 5. The Kier molecular flexibility index (Phi) is 5.13. The molecule has 0 aliphatic rings. The predicted molar refractivity (Wildman–Crippen MR) is 79.1 cm³/mol. The lowest BCUT2D eigenvalue weighted by Gasteiger charge is -2.21. The molecule has 1 atom stereocenters. The quantitative estimate of drug-likeness (QED) is 0.900. The largest absolute Gasteiger partial charge is 0.497 e. The minimum atomic E-state index is -4.78. The highest BCUT2D eigenvalue weighted by Crippen LogP contribution is 2.21. The van der Waals surface area contributed by atoms with Gasteiger partial charge in [0.1, 0.15) is 5.75 Å². The Hall–Kier alpha value is -2.55. The van der Waals surface area contributed by atoms with Crippen LogP contribution in [-0.2, 0) is 0 Å². The Morgan fingerprint density at radius 2 is 1.96 bits per heavy atom. The van der Waals surface area contributed by atoms with E-state index in [1.165, 1.54) is 31.1 Å². The first-order chi connectivity index (χ1) is 11.2. The van der Waals surface area contributed by atoms with E-state index in [1.54, 1.807) is 24.3 Å². The summed E-state index contributed by atoms with van der Waals surface area (Å²) in [6, 6.07) is 8.26. The molecule has 0 bridgehead atoms. The van der Waals surface area contributed by atoms with Gasteiger partial charge in [-0.2, -0.15) is 18.3 Å². The van der Waals surface area contributed by atoms with E-state index in [2.05, 4.69) is 5.10 Å².